The number of hydrogen-bond donors (Lipinski definition) is 2. The number of nitrogens with zero attached hydrogens (tertiary/aromatic N) is 2. The van der Waals surface area contributed by atoms with Gasteiger partial charge in [0.2, 0.25) is 5.91 Å². The number of carbonyl (C=O) groups is 1. The van der Waals surface area contributed by atoms with Gasteiger partial charge < -0.3 is 15.8 Å². The maximum absolute atomic E-state index is 12.0. The fourth-order valence-corrected chi connectivity index (χ4v) is 2.30. The highest BCUT2D eigenvalue weighted by Crippen LogP contribution is 2.29. The average Bonchev–Trinajstić information content (AvgIpc) is 2.80. The number of amides is 1. The number of nitrogens with two attached hydrogens (primary N) is 1. The quantitative estimate of drug-likeness (QED) is 0.364. The number of likely N-dealkylation sites (tertiary alicyclic amines) is 1. The molecule has 1 aromatic rings. The van der Waals surface area contributed by atoms with Crippen LogP contribution in [0.1, 0.15) is 24.8 Å². The molecule has 2 rings (SSSR count). The van der Waals surface area contributed by atoms with E-state index >= 15 is 0 Å². The van der Waals surface area contributed by atoms with E-state index < -0.39 is 0 Å². The van der Waals surface area contributed by atoms with Crippen LogP contribution in [0.4, 0.5) is 0 Å². The van der Waals surface area contributed by atoms with E-state index in [1.165, 1.54) is 0 Å². The first-order valence-corrected chi connectivity index (χ1v) is 5.95. The minimum absolute atomic E-state index is 0.0444. The number of benzene rings is 1. The fourth-order valence-electron chi connectivity index (χ4n) is 2.30. The molecule has 0 spiro atoms. The standard InChI is InChI=1S/C13H17N3O2/c1-9(13(14)15-18)16-8-11(7-12(16)17)10-5-3-2-4-6-10/h2-6,9,11,18H,7-8H2,1H3,(H2,14,15). The third-order valence-electron chi connectivity index (χ3n) is 3.44. The molecule has 18 heavy (non-hydrogen) atoms. The number of rotatable bonds is 3. The Morgan fingerprint density at radius 2 is 2.17 bits per heavy atom. The van der Waals surface area contributed by atoms with Crippen LogP contribution < -0.4 is 5.73 Å². The summed E-state index contributed by atoms with van der Waals surface area (Å²) in [6.45, 7) is 2.38. The monoisotopic (exact) mass is 247 g/mol. The van der Waals surface area contributed by atoms with E-state index in [9.17, 15) is 4.79 Å². The number of hydrogen-bond acceptors (Lipinski definition) is 3. The van der Waals surface area contributed by atoms with Gasteiger partial charge in [0.05, 0.1) is 6.04 Å². The van der Waals surface area contributed by atoms with Crippen LogP contribution in [0.2, 0.25) is 0 Å². The van der Waals surface area contributed by atoms with Crippen molar-refractivity contribution in [1.82, 2.24) is 4.90 Å². The van der Waals surface area contributed by atoms with Crippen LogP contribution >= 0.6 is 0 Å². The largest absolute Gasteiger partial charge is 0.409 e. The predicted octanol–water partition coefficient (Wildman–Crippen LogP) is 1.14. The first-order chi connectivity index (χ1) is 8.63. The van der Waals surface area contributed by atoms with Gasteiger partial charge in [-0.3, -0.25) is 4.79 Å². The van der Waals surface area contributed by atoms with Gasteiger partial charge in [0.15, 0.2) is 5.84 Å². The average molecular weight is 247 g/mol. The molecular weight excluding hydrogens is 230 g/mol. The number of oxime groups is 1. The van der Waals surface area contributed by atoms with Gasteiger partial charge in [-0.05, 0) is 12.5 Å². The molecule has 2 unspecified atom stereocenters. The molecule has 1 heterocycles. The lowest BCUT2D eigenvalue weighted by Crippen LogP contribution is -2.43. The van der Waals surface area contributed by atoms with Crippen LogP contribution in [0, 0.1) is 0 Å². The minimum Gasteiger partial charge on any atom is -0.409 e. The number of carbonyl (C=O) groups excluding carboxylic acids is 1. The van der Waals surface area contributed by atoms with Crippen molar-refractivity contribution in [1.29, 1.82) is 0 Å². The minimum atomic E-state index is -0.365. The highest BCUT2D eigenvalue weighted by molar-refractivity contribution is 5.90. The maximum Gasteiger partial charge on any atom is 0.223 e. The molecule has 1 fully saturated rings. The van der Waals surface area contributed by atoms with Gasteiger partial charge in [-0.25, -0.2) is 0 Å². The smallest absolute Gasteiger partial charge is 0.223 e. The Bertz CT molecular complexity index is 459. The van der Waals surface area contributed by atoms with Crippen molar-refractivity contribution in [2.75, 3.05) is 6.54 Å². The SMILES string of the molecule is CC(C(N)=NO)N1CC(c2ccccc2)CC1=O. The molecule has 5 heteroatoms. The summed E-state index contributed by atoms with van der Waals surface area (Å²) in [5.41, 5.74) is 6.70. The van der Waals surface area contributed by atoms with Crippen molar-refractivity contribution < 1.29 is 10.0 Å². The summed E-state index contributed by atoms with van der Waals surface area (Å²) in [5, 5.41) is 11.6. The van der Waals surface area contributed by atoms with Gasteiger partial charge in [-0.15, -0.1) is 0 Å². The van der Waals surface area contributed by atoms with E-state index in [1.807, 2.05) is 30.3 Å². The topological polar surface area (TPSA) is 78.9 Å². The van der Waals surface area contributed by atoms with E-state index in [4.69, 9.17) is 10.9 Å². The molecule has 0 bridgehead atoms. The van der Waals surface area contributed by atoms with Crippen molar-refractivity contribution in [3.8, 4) is 0 Å². The van der Waals surface area contributed by atoms with Crippen molar-refractivity contribution >= 4 is 11.7 Å². The Morgan fingerprint density at radius 3 is 2.78 bits per heavy atom. The second kappa shape index (κ2) is 5.08. The third kappa shape index (κ3) is 2.30. The molecule has 1 aliphatic rings. The van der Waals surface area contributed by atoms with E-state index in [2.05, 4.69) is 5.16 Å². The van der Waals surface area contributed by atoms with Crippen molar-refractivity contribution in [2.24, 2.45) is 10.9 Å². The molecule has 0 aliphatic carbocycles. The highest BCUT2D eigenvalue weighted by Gasteiger charge is 2.34. The van der Waals surface area contributed by atoms with Crippen LogP contribution in [0.25, 0.3) is 0 Å². The summed E-state index contributed by atoms with van der Waals surface area (Å²) in [4.78, 5) is 13.6. The van der Waals surface area contributed by atoms with Gasteiger partial charge in [-0.1, -0.05) is 35.5 Å². The maximum atomic E-state index is 12.0. The van der Waals surface area contributed by atoms with E-state index in [0.717, 1.165) is 5.56 Å². The first kappa shape index (κ1) is 12.4. The van der Waals surface area contributed by atoms with Crippen molar-refractivity contribution in [3.63, 3.8) is 0 Å². The summed E-state index contributed by atoms with van der Waals surface area (Å²) < 4.78 is 0. The summed E-state index contributed by atoms with van der Waals surface area (Å²) >= 11 is 0. The Morgan fingerprint density at radius 1 is 1.50 bits per heavy atom. The van der Waals surface area contributed by atoms with E-state index in [1.54, 1.807) is 11.8 Å². The first-order valence-electron chi connectivity index (χ1n) is 5.95. The summed E-state index contributed by atoms with van der Waals surface area (Å²) in [5.74, 6) is 0.299. The van der Waals surface area contributed by atoms with Crippen LogP contribution in [-0.4, -0.2) is 34.4 Å². The zero-order valence-corrected chi connectivity index (χ0v) is 10.3. The Kier molecular flexibility index (Phi) is 3.50. The van der Waals surface area contributed by atoms with Gasteiger partial charge in [0.1, 0.15) is 0 Å². The Labute approximate surface area is 106 Å². The predicted molar refractivity (Wildman–Crippen MR) is 68.4 cm³/mol. The van der Waals surface area contributed by atoms with E-state index in [-0.39, 0.29) is 23.7 Å². The molecule has 2 atom stereocenters. The highest BCUT2D eigenvalue weighted by atomic mass is 16.4. The molecule has 0 radical (unpaired) electrons. The molecule has 1 aromatic carbocycles. The van der Waals surface area contributed by atoms with Crippen molar-refractivity contribution in [3.05, 3.63) is 35.9 Å². The zero-order valence-electron chi connectivity index (χ0n) is 10.3. The summed E-state index contributed by atoms with van der Waals surface area (Å²) in [7, 11) is 0. The van der Waals surface area contributed by atoms with Crippen LogP contribution in [0.15, 0.2) is 35.5 Å². The molecule has 1 saturated heterocycles. The second-order valence-corrected chi connectivity index (χ2v) is 4.56. The lowest BCUT2D eigenvalue weighted by Gasteiger charge is -2.23. The third-order valence-corrected chi connectivity index (χ3v) is 3.44. The van der Waals surface area contributed by atoms with Gasteiger partial charge in [-0.2, -0.15) is 0 Å². The fraction of sp³-hybridized carbons (Fsp3) is 0.385. The lowest BCUT2D eigenvalue weighted by molar-refractivity contribution is -0.128. The Hall–Kier alpha value is -2.04. The van der Waals surface area contributed by atoms with Gasteiger partial charge >= 0.3 is 0 Å². The molecular formula is C13H17N3O2. The molecule has 1 amide bonds. The van der Waals surface area contributed by atoms with Crippen LogP contribution in [0.5, 0.6) is 0 Å². The zero-order chi connectivity index (χ0) is 13.1. The summed E-state index contributed by atoms with van der Waals surface area (Å²) in [6, 6.07) is 9.57. The second-order valence-electron chi connectivity index (χ2n) is 4.56. The molecule has 5 nitrogen and oxygen atoms in total. The normalized spacial score (nSPS) is 22.3. The molecule has 3 N–H and O–H groups in total. The van der Waals surface area contributed by atoms with Crippen LogP contribution in [0.3, 0.4) is 0 Å². The lowest BCUT2D eigenvalue weighted by atomic mass is 9.98. The van der Waals surface area contributed by atoms with Gasteiger partial charge in [0, 0.05) is 18.9 Å². The van der Waals surface area contributed by atoms with Crippen molar-refractivity contribution in [2.45, 2.75) is 25.3 Å². The van der Waals surface area contributed by atoms with Crippen LogP contribution in [-0.2, 0) is 4.79 Å². The van der Waals surface area contributed by atoms with Gasteiger partial charge in [0.25, 0.3) is 0 Å². The molecule has 1 aliphatic heterocycles. The van der Waals surface area contributed by atoms with E-state index in [0.29, 0.717) is 13.0 Å². The molecule has 0 saturated carbocycles. The molecule has 0 aromatic heterocycles. The Balaban J connectivity index is 2.12. The number of amidine groups is 1. The molecule has 96 valence electrons. The summed E-state index contributed by atoms with van der Waals surface area (Å²) in [6.07, 6.45) is 0.479.